The summed E-state index contributed by atoms with van der Waals surface area (Å²) in [7, 11) is 1.57. The van der Waals surface area contributed by atoms with Gasteiger partial charge in [-0.05, 0) is 51.1 Å². The Balaban J connectivity index is 1.92. The van der Waals surface area contributed by atoms with Crippen molar-refractivity contribution in [1.82, 2.24) is 10.2 Å². The Morgan fingerprint density at radius 1 is 1.22 bits per heavy atom. The van der Waals surface area contributed by atoms with E-state index in [0.29, 0.717) is 37.7 Å². The number of amidine groups is 1. The second kappa shape index (κ2) is 12.3. The first-order valence-corrected chi connectivity index (χ1v) is 9.65. The zero-order chi connectivity index (χ0) is 19.3. The van der Waals surface area contributed by atoms with Crippen LogP contribution in [0.3, 0.4) is 0 Å². The molecule has 1 amide bonds. The lowest BCUT2D eigenvalue weighted by molar-refractivity contribution is 0.0921. The summed E-state index contributed by atoms with van der Waals surface area (Å²) in [6.45, 7) is 7.04. The van der Waals surface area contributed by atoms with Gasteiger partial charge in [0.05, 0.1) is 20.3 Å². The summed E-state index contributed by atoms with van der Waals surface area (Å²) in [5.74, 6) is 0.352. The van der Waals surface area contributed by atoms with Gasteiger partial charge in [0.1, 0.15) is 12.4 Å². The molecule has 150 valence electrons. The fourth-order valence-corrected chi connectivity index (χ4v) is 2.87. The predicted molar refractivity (Wildman–Crippen MR) is 105 cm³/mol. The number of hydrogen-bond acceptors (Lipinski definition) is 6. The van der Waals surface area contributed by atoms with Gasteiger partial charge < -0.3 is 19.1 Å². The lowest BCUT2D eigenvalue weighted by atomic mass is 10.1. The first-order valence-electron chi connectivity index (χ1n) is 9.65. The molecule has 0 unspecified atom stereocenters. The van der Waals surface area contributed by atoms with Crippen LogP contribution in [0.15, 0.2) is 29.3 Å². The monoisotopic (exact) mass is 377 g/mol. The van der Waals surface area contributed by atoms with Gasteiger partial charge in [0.25, 0.3) is 11.9 Å². The van der Waals surface area contributed by atoms with E-state index in [1.807, 2.05) is 6.92 Å². The zero-order valence-electron chi connectivity index (χ0n) is 16.4. The van der Waals surface area contributed by atoms with Crippen LogP contribution < -0.4 is 10.1 Å². The van der Waals surface area contributed by atoms with Gasteiger partial charge in [0.2, 0.25) is 0 Å². The molecule has 0 spiro atoms. The molecule has 0 aromatic heterocycles. The van der Waals surface area contributed by atoms with Gasteiger partial charge in [0.15, 0.2) is 0 Å². The third kappa shape index (κ3) is 7.97. The molecule has 1 fully saturated rings. The topological polar surface area (TPSA) is 72.4 Å². The van der Waals surface area contributed by atoms with Gasteiger partial charge >= 0.3 is 0 Å². The van der Waals surface area contributed by atoms with Gasteiger partial charge in [-0.2, -0.15) is 0 Å². The molecule has 1 saturated heterocycles. The second-order valence-electron chi connectivity index (χ2n) is 6.32. The van der Waals surface area contributed by atoms with Crippen LogP contribution in [0.5, 0.6) is 5.75 Å². The molecule has 27 heavy (non-hydrogen) atoms. The van der Waals surface area contributed by atoms with E-state index < -0.39 is 0 Å². The second-order valence-corrected chi connectivity index (χ2v) is 6.32. The predicted octanol–water partition coefficient (Wildman–Crippen LogP) is 2.32. The largest absolute Gasteiger partial charge is 0.497 e. The first-order chi connectivity index (χ1) is 13.2. The number of carbonyl (C=O) groups excluding carboxylic acids is 1. The normalized spacial score (nSPS) is 15.4. The van der Waals surface area contributed by atoms with E-state index in [1.54, 1.807) is 31.4 Å². The van der Waals surface area contributed by atoms with E-state index in [9.17, 15) is 4.79 Å². The molecular formula is C20H31N3O4. The van der Waals surface area contributed by atoms with Crippen molar-refractivity contribution in [3.63, 3.8) is 0 Å². The first kappa shape index (κ1) is 21.2. The Hall–Kier alpha value is -2.12. The van der Waals surface area contributed by atoms with Gasteiger partial charge in [0, 0.05) is 18.7 Å². The Morgan fingerprint density at radius 2 is 2.04 bits per heavy atom. The highest BCUT2D eigenvalue weighted by Crippen LogP contribution is 2.12. The number of amides is 1. The highest BCUT2D eigenvalue weighted by Gasteiger charge is 2.12. The molecule has 1 aromatic rings. The number of carbonyl (C=O) groups is 1. The van der Waals surface area contributed by atoms with Gasteiger partial charge in [-0.15, -0.1) is 0 Å². The molecule has 1 heterocycles. The summed E-state index contributed by atoms with van der Waals surface area (Å²) >= 11 is 0. The average Bonchev–Trinajstić information content (AvgIpc) is 2.71. The molecule has 0 bridgehead atoms. The molecule has 0 aliphatic carbocycles. The highest BCUT2D eigenvalue weighted by molar-refractivity contribution is 6.04. The van der Waals surface area contributed by atoms with E-state index in [2.05, 4.69) is 15.2 Å². The number of benzene rings is 1. The standard InChI is InChI=1S/C20H31N3O4/c1-3-26-14-15-27-20(21-10-13-23-11-5-4-6-12-23)22-19(24)17-8-7-9-18(16-17)25-2/h7-9,16H,3-6,10-15H2,1-2H3,(H,21,22,24). The third-order valence-electron chi connectivity index (χ3n) is 4.34. The molecular weight excluding hydrogens is 346 g/mol. The van der Waals surface area contributed by atoms with E-state index in [-0.39, 0.29) is 11.9 Å². The number of hydrogen-bond donors (Lipinski definition) is 1. The van der Waals surface area contributed by atoms with Crippen molar-refractivity contribution in [3.8, 4) is 5.75 Å². The SMILES string of the molecule is CCOCCOC(=NCCN1CCCCC1)NC(=O)c1cccc(OC)c1. The smallest absolute Gasteiger partial charge is 0.291 e. The van der Waals surface area contributed by atoms with E-state index in [4.69, 9.17) is 14.2 Å². The molecule has 1 aliphatic heterocycles. The minimum absolute atomic E-state index is 0.236. The summed E-state index contributed by atoms with van der Waals surface area (Å²) in [5, 5.41) is 2.76. The summed E-state index contributed by atoms with van der Waals surface area (Å²) in [6, 6.07) is 7.21. The maximum absolute atomic E-state index is 12.5. The number of likely N-dealkylation sites (tertiary alicyclic amines) is 1. The Morgan fingerprint density at radius 3 is 2.78 bits per heavy atom. The van der Waals surface area contributed by atoms with Crippen LogP contribution >= 0.6 is 0 Å². The summed E-state index contributed by atoms with van der Waals surface area (Å²) in [5.41, 5.74) is 0.492. The average molecular weight is 377 g/mol. The molecule has 7 nitrogen and oxygen atoms in total. The number of nitrogens with zero attached hydrogens (tertiary/aromatic N) is 2. The summed E-state index contributed by atoms with van der Waals surface area (Å²) in [4.78, 5) is 19.4. The van der Waals surface area contributed by atoms with E-state index in [1.165, 1.54) is 19.3 Å². The minimum atomic E-state index is -0.276. The van der Waals surface area contributed by atoms with Crippen LogP contribution in [0.25, 0.3) is 0 Å². The number of rotatable bonds is 9. The van der Waals surface area contributed by atoms with Crippen molar-refractivity contribution in [2.24, 2.45) is 4.99 Å². The molecule has 0 saturated carbocycles. The van der Waals surface area contributed by atoms with Crippen molar-refractivity contribution >= 4 is 11.9 Å². The Bertz CT molecular complexity index is 601. The van der Waals surface area contributed by atoms with Crippen molar-refractivity contribution in [2.45, 2.75) is 26.2 Å². The minimum Gasteiger partial charge on any atom is -0.497 e. The van der Waals surface area contributed by atoms with Gasteiger partial charge in [-0.25, -0.2) is 4.99 Å². The molecule has 0 atom stereocenters. The van der Waals surface area contributed by atoms with Crippen molar-refractivity contribution in [2.75, 3.05) is 53.1 Å². The maximum Gasteiger partial charge on any atom is 0.291 e. The lowest BCUT2D eigenvalue weighted by Gasteiger charge is -2.25. The zero-order valence-corrected chi connectivity index (χ0v) is 16.4. The quantitative estimate of drug-likeness (QED) is 0.406. The van der Waals surface area contributed by atoms with Crippen molar-refractivity contribution < 1.29 is 19.0 Å². The van der Waals surface area contributed by atoms with Gasteiger partial charge in [-0.1, -0.05) is 12.5 Å². The van der Waals surface area contributed by atoms with Gasteiger partial charge in [-0.3, -0.25) is 10.1 Å². The summed E-state index contributed by atoms with van der Waals surface area (Å²) in [6.07, 6.45) is 3.80. The van der Waals surface area contributed by atoms with E-state index >= 15 is 0 Å². The number of nitrogens with one attached hydrogen (secondary N) is 1. The van der Waals surface area contributed by atoms with Crippen LogP contribution in [0.2, 0.25) is 0 Å². The molecule has 1 aliphatic rings. The number of piperidine rings is 1. The van der Waals surface area contributed by atoms with Crippen molar-refractivity contribution in [3.05, 3.63) is 29.8 Å². The van der Waals surface area contributed by atoms with Crippen LogP contribution in [0.4, 0.5) is 0 Å². The molecule has 7 heteroatoms. The maximum atomic E-state index is 12.5. The molecule has 2 rings (SSSR count). The Labute approximate surface area is 161 Å². The van der Waals surface area contributed by atoms with Crippen molar-refractivity contribution in [1.29, 1.82) is 0 Å². The molecule has 1 aromatic carbocycles. The highest BCUT2D eigenvalue weighted by atomic mass is 16.5. The number of aliphatic imine (C=N–C) groups is 1. The van der Waals surface area contributed by atoms with Crippen LogP contribution in [0.1, 0.15) is 36.5 Å². The number of ether oxygens (including phenoxy) is 3. The fourth-order valence-electron chi connectivity index (χ4n) is 2.87. The van der Waals surface area contributed by atoms with E-state index in [0.717, 1.165) is 19.6 Å². The number of methoxy groups -OCH3 is 1. The summed E-state index contributed by atoms with van der Waals surface area (Å²) < 4.78 is 16.1. The lowest BCUT2D eigenvalue weighted by Crippen LogP contribution is -2.35. The molecule has 0 radical (unpaired) electrons. The van der Waals surface area contributed by atoms with Crippen LogP contribution in [-0.4, -0.2) is 69.9 Å². The van der Waals surface area contributed by atoms with Crippen LogP contribution in [0, 0.1) is 0 Å². The fraction of sp³-hybridized carbons (Fsp3) is 0.600. The Kier molecular flexibility index (Phi) is 9.65. The third-order valence-corrected chi connectivity index (χ3v) is 4.34. The molecule has 1 N–H and O–H groups in total. The van der Waals surface area contributed by atoms with Crippen LogP contribution in [-0.2, 0) is 9.47 Å².